The summed E-state index contributed by atoms with van der Waals surface area (Å²) in [6.45, 7) is 2.08. The van der Waals surface area contributed by atoms with Gasteiger partial charge in [-0.3, -0.25) is 4.79 Å². The van der Waals surface area contributed by atoms with Gasteiger partial charge in [0.2, 0.25) is 5.91 Å². The maximum Gasteiger partial charge on any atom is 0.248 e. The number of aromatic nitrogens is 3. The average Bonchev–Trinajstić information content (AvgIpc) is 3.02. The van der Waals surface area contributed by atoms with E-state index in [-0.39, 0.29) is 18.4 Å². The Morgan fingerprint density at radius 1 is 1.35 bits per heavy atom. The number of carbonyl (C=O) groups is 1. The summed E-state index contributed by atoms with van der Waals surface area (Å²) < 4.78 is 7.50. The average molecular weight is 314 g/mol. The number of amides is 1. The summed E-state index contributed by atoms with van der Waals surface area (Å²) >= 11 is 0. The smallest absolute Gasteiger partial charge is 0.248 e. The normalized spacial score (nSPS) is 18.1. The van der Waals surface area contributed by atoms with Crippen LogP contribution >= 0.6 is 0 Å². The van der Waals surface area contributed by atoms with Crippen molar-refractivity contribution in [2.75, 3.05) is 19.7 Å². The van der Waals surface area contributed by atoms with Gasteiger partial charge in [-0.05, 0) is 18.4 Å². The van der Waals surface area contributed by atoms with Crippen molar-refractivity contribution in [2.24, 2.45) is 7.05 Å². The predicted molar refractivity (Wildman–Crippen MR) is 85.7 cm³/mol. The molecule has 1 fully saturated rings. The molecule has 2 aromatic rings. The molecular formula is C17H22N4O2. The molecule has 0 bridgehead atoms. The van der Waals surface area contributed by atoms with Crippen LogP contribution in [-0.4, -0.2) is 45.3 Å². The zero-order chi connectivity index (χ0) is 16.1. The molecule has 1 atom stereocenters. The van der Waals surface area contributed by atoms with Crippen molar-refractivity contribution in [2.45, 2.75) is 25.4 Å². The van der Waals surface area contributed by atoms with E-state index in [1.54, 1.807) is 6.33 Å². The molecule has 6 heteroatoms. The van der Waals surface area contributed by atoms with Gasteiger partial charge >= 0.3 is 0 Å². The van der Waals surface area contributed by atoms with Crippen LogP contribution in [0.2, 0.25) is 0 Å². The number of ether oxygens (including phenoxy) is 1. The molecule has 1 saturated heterocycles. The summed E-state index contributed by atoms with van der Waals surface area (Å²) in [6, 6.07) is 9.90. The van der Waals surface area contributed by atoms with Crippen molar-refractivity contribution in [3.8, 4) is 0 Å². The van der Waals surface area contributed by atoms with Gasteiger partial charge in [0.25, 0.3) is 0 Å². The minimum atomic E-state index is 0.0489. The van der Waals surface area contributed by atoms with Crippen molar-refractivity contribution in [3.63, 3.8) is 0 Å². The van der Waals surface area contributed by atoms with Gasteiger partial charge in [-0.1, -0.05) is 30.3 Å². The number of likely N-dealkylation sites (tertiary alicyclic amines) is 1. The lowest BCUT2D eigenvalue weighted by molar-refractivity contribution is -0.137. The number of hydrogen-bond acceptors (Lipinski definition) is 4. The highest BCUT2D eigenvalue weighted by atomic mass is 16.5. The highest BCUT2D eigenvalue weighted by Gasteiger charge is 2.27. The van der Waals surface area contributed by atoms with Gasteiger partial charge in [0.1, 0.15) is 18.8 Å². The number of carbonyl (C=O) groups excluding carboxylic acids is 1. The Labute approximate surface area is 136 Å². The molecule has 1 aliphatic rings. The third-order valence-corrected chi connectivity index (χ3v) is 4.22. The lowest BCUT2D eigenvalue weighted by atomic mass is 9.97. The fraction of sp³-hybridized carbons (Fsp3) is 0.471. The fourth-order valence-corrected chi connectivity index (χ4v) is 3.00. The van der Waals surface area contributed by atoms with Crippen LogP contribution in [0.3, 0.4) is 0 Å². The Balaban J connectivity index is 1.50. The molecule has 0 unspecified atom stereocenters. The number of aryl methyl sites for hydroxylation is 1. The van der Waals surface area contributed by atoms with Crippen LogP contribution in [0.15, 0.2) is 36.7 Å². The Morgan fingerprint density at radius 3 is 2.91 bits per heavy atom. The highest BCUT2D eigenvalue weighted by Crippen LogP contribution is 2.25. The molecule has 0 spiro atoms. The molecule has 1 aliphatic heterocycles. The van der Waals surface area contributed by atoms with E-state index < -0.39 is 0 Å². The van der Waals surface area contributed by atoms with Crippen LogP contribution in [0.1, 0.15) is 30.1 Å². The summed E-state index contributed by atoms with van der Waals surface area (Å²) in [5.41, 5.74) is 1.08. The zero-order valence-electron chi connectivity index (χ0n) is 13.4. The summed E-state index contributed by atoms with van der Waals surface area (Å²) in [5, 5.41) is 8.11. The van der Waals surface area contributed by atoms with Gasteiger partial charge in [0.15, 0.2) is 0 Å². The minimum absolute atomic E-state index is 0.0489. The van der Waals surface area contributed by atoms with Gasteiger partial charge < -0.3 is 14.2 Å². The Kier molecular flexibility index (Phi) is 5.02. The van der Waals surface area contributed by atoms with Gasteiger partial charge in [0, 0.05) is 26.1 Å². The monoisotopic (exact) mass is 314 g/mol. The minimum Gasteiger partial charge on any atom is -0.367 e. The van der Waals surface area contributed by atoms with Crippen molar-refractivity contribution in [3.05, 3.63) is 48.0 Å². The molecule has 0 aliphatic carbocycles. The maximum absolute atomic E-state index is 12.3. The van der Waals surface area contributed by atoms with Crippen LogP contribution in [0, 0.1) is 0 Å². The quantitative estimate of drug-likeness (QED) is 0.843. The van der Waals surface area contributed by atoms with Gasteiger partial charge in [0.05, 0.1) is 6.61 Å². The summed E-state index contributed by atoms with van der Waals surface area (Å²) in [4.78, 5) is 14.2. The van der Waals surface area contributed by atoms with E-state index >= 15 is 0 Å². The van der Waals surface area contributed by atoms with Gasteiger partial charge in [-0.2, -0.15) is 0 Å². The van der Waals surface area contributed by atoms with Gasteiger partial charge in [-0.25, -0.2) is 0 Å². The lowest BCUT2D eigenvalue weighted by Gasteiger charge is -2.32. The van der Waals surface area contributed by atoms with Crippen molar-refractivity contribution < 1.29 is 9.53 Å². The largest absolute Gasteiger partial charge is 0.367 e. The summed E-state index contributed by atoms with van der Waals surface area (Å²) in [7, 11) is 1.94. The highest BCUT2D eigenvalue weighted by molar-refractivity contribution is 5.77. The molecule has 6 nitrogen and oxygen atoms in total. The first-order valence-electron chi connectivity index (χ1n) is 7.97. The fourth-order valence-electron chi connectivity index (χ4n) is 3.00. The first-order valence-corrected chi connectivity index (χ1v) is 7.97. The van der Waals surface area contributed by atoms with Crippen LogP contribution in [0.5, 0.6) is 0 Å². The molecule has 0 saturated carbocycles. The number of benzene rings is 1. The molecule has 0 radical (unpaired) electrons. The molecule has 1 amide bonds. The first-order chi connectivity index (χ1) is 11.2. The second kappa shape index (κ2) is 7.37. The van der Waals surface area contributed by atoms with E-state index in [0.717, 1.165) is 30.8 Å². The van der Waals surface area contributed by atoms with E-state index in [2.05, 4.69) is 10.2 Å². The van der Waals surface area contributed by atoms with E-state index in [0.29, 0.717) is 13.2 Å². The van der Waals surface area contributed by atoms with Crippen LogP contribution in [0.4, 0.5) is 0 Å². The molecule has 0 N–H and O–H groups in total. The first kappa shape index (κ1) is 15.7. The standard InChI is InChI=1S/C17H22N4O2/c1-20-13-18-19-17(20)15-8-5-9-21(10-15)16(22)12-23-11-14-6-3-2-4-7-14/h2-4,6-7,13,15H,5,8-12H2,1H3/t15-/m1/s1. The molecule has 3 rings (SSSR count). The third-order valence-electron chi connectivity index (χ3n) is 4.22. The second-order valence-electron chi connectivity index (χ2n) is 5.96. The second-order valence-corrected chi connectivity index (χ2v) is 5.96. The molecule has 2 heterocycles. The van der Waals surface area contributed by atoms with Crippen LogP contribution in [-0.2, 0) is 23.2 Å². The van der Waals surface area contributed by atoms with Crippen molar-refractivity contribution >= 4 is 5.91 Å². The topological polar surface area (TPSA) is 60.2 Å². The third kappa shape index (κ3) is 3.96. The van der Waals surface area contributed by atoms with E-state index in [9.17, 15) is 4.79 Å². The Bertz CT molecular complexity index is 641. The van der Waals surface area contributed by atoms with Crippen LogP contribution < -0.4 is 0 Å². The summed E-state index contributed by atoms with van der Waals surface area (Å²) in [6.07, 6.45) is 3.74. The van der Waals surface area contributed by atoms with Crippen LogP contribution in [0.25, 0.3) is 0 Å². The molecule has 1 aromatic carbocycles. The molecule has 122 valence electrons. The number of nitrogens with zero attached hydrogens (tertiary/aromatic N) is 4. The van der Waals surface area contributed by atoms with E-state index in [4.69, 9.17) is 4.74 Å². The Morgan fingerprint density at radius 2 is 2.17 bits per heavy atom. The SMILES string of the molecule is Cn1cnnc1[C@@H]1CCCN(C(=O)COCc2ccccc2)C1. The van der Waals surface area contributed by atoms with E-state index in [1.807, 2.05) is 46.8 Å². The van der Waals surface area contributed by atoms with E-state index in [1.165, 1.54) is 0 Å². The maximum atomic E-state index is 12.3. The lowest BCUT2D eigenvalue weighted by Crippen LogP contribution is -2.41. The number of rotatable bonds is 5. The summed E-state index contributed by atoms with van der Waals surface area (Å²) in [5.74, 6) is 1.26. The van der Waals surface area contributed by atoms with Gasteiger partial charge in [-0.15, -0.1) is 10.2 Å². The number of piperidine rings is 1. The van der Waals surface area contributed by atoms with Crippen molar-refractivity contribution in [1.29, 1.82) is 0 Å². The zero-order valence-corrected chi connectivity index (χ0v) is 13.4. The molecule has 1 aromatic heterocycles. The predicted octanol–water partition coefficient (Wildman–Crippen LogP) is 1.74. The van der Waals surface area contributed by atoms with Crippen molar-refractivity contribution in [1.82, 2.24) is 19.7 Å². The molecule has 23 heavy (non-hydrogen) atoms. The number of hydrogen-bond donors (Lipinski definition) is 0. The Hall–Kier alpha value is -2.21. The molecular weight excluding hydrogens is 292 g/mol.